The van der Waals surface area contributed by atoms with Gasteiger partial charge in [0.2, 0.25) is 0 Å². The summed E-state index contributed by atoms with van der Waals surface area (Å²) in [5, 5.41) is 0.778. The third-order valence-electron chi connectivity index (χ3n) is 3.26. The van der Waals surface area contributed by atoms with E-state index >= 15 is 0 Å². The number of hydrogen-bond donors (Lipinski definition) is 0. The lowest BCUT2D eigenvalue weighted by atomic mass is 10.1. The van der Waals surface area contributed by atoms with Crippen molar-refractivity contribution in [2.45, 2.75) is 0 Å². The lowest BCUT2D eigenvalue weighted by Gasteiger charge is -2.07. The number of benzene rings is 1. The topological polar surface area (TPSA) is 26.9 Å². The number of nitrogens with zero attached hydrogens (tertiary/aromatic N) is 2. The predicted molar refractivity (Wildman–Crippen MR) is 97.3 cm³/mol. The molecule has 0 spiro atoms. The molecule has 7 heteroatoms. The lowest BCUT2D eigenvalue weighted by molar-refractivity contribution is 0.631. The molecule has 0 atom stereocenters. The van der Waals surface area contributed by atoms with Gasteiger partial charge in [0.15, 0.2) is 0 Å². The molecule has 0 aliphatic heterocycles. The first-order chi connectivity index (χ1) is 10.0. The molecule has 0 aliphatic carbocycles. The van der Waals surface area contributed by atoms with Crippen LogP contribution in [-0.2, 0) is 7.05 Å². The fourth-order valence-electron chi connectivity index (χ4n) is 2.27. The van der Waals surface area contributed by atoms with Crippen molar-refractivity contribution in [3.8, 4) is 11.3 Å². The Morgan fingerprint density at radius 2 is 2.05 bits per heavy atom. The van der Waals surface area contributed by atoms with Crippen LogP contribution in [0.1, 0.15) is 0 Å². The highest BCUT2D eigenvalue weighted by atomic mass is 127. The van der Waals surface area contributed by atoms with Gasteiger partial charge < -0.3 is 4.57 Å². The van der Waals surface area contributed by atoms with Crippen LogP contribution in [0.5, 0.6) is 0 Å². The highest BCUT2D eigenvalue weighted by molar-refractivity contribution is 14.2. The van der Waals surface area contributed by atoms with Gasteiger partial charge in [-0.1, -0.05) is 12.1 Å². The smallest absolute Gasteiger partial charge is 0.275 e. The second kappa shape index (κ2) is 5.77. The first-order valence-electron chi connectivity index (χ1n) is 5.99. The van der Waals surface area contributed by atoms with Gasteiger partial charge in [-0.3, -0.25) is 8.77 Å². The summed E-state index contributed by atoms with van der Waals surface area (Å²) in [6, 6.07) is 8.40. The molecule has 3 rings (SSSR count). The Kier molecular flexibility index (Phi) is 4.15. The molecule has 2 aromatic heterocycles. The van der Waals surface area contributed by atoms with E-state index in [4.69, 9.17) is 0 Å². The van der Waals surface area contributed by atoms with Gasteiger partial charge in [-0.2, -0.15) is 0 Å². The number of aryl methyl sites for hydroxylation is 1. The van der Waals surface area contributed by atoms with Crippen molar-refractivity contribution >= 4 is 57.2 Å². The van der Waals surface area contributed by atoms with Crippen LogP contribution in [0.25, 0.3) is 22.2 Å². The van der Waals surface area contributed by atoms with Crippen LogP contribution >= 0.6 is 46.3 Å². The standard InChI is InChI=1S/C14H9BrFIN2OS/c1-18-7-10(15)9-6-12(8-4-2-3-5-11(8)16)19(21-17)13(9)14(18)20/h2-7H,1H3. The van der Waals surface area contributed by atoms with Crippen LogP contribution in [0.3, 0.4) is 0 Å². The molecule has 0 aliphatic rings. The predicted octanol–water partition coefficient (Wildman–Crippen LogP) is 4.75. The molecular formula is C14H9BrFIN2OS. The Bertz CT molecular complexity index is 906. The number of aromatic nitrogens is 2. The molecule has 0 N–H and O–H groups in total. The molecule has 1 aromatic carbocycles. The van der Waals surface area contributed by atoms with Crippen molar-refractivity contribution in [3.63, 3.8) is 0 Å². The van der Waals surface area contributed by atoms with E-state index in [1.165, 1.54) is 19.8 Å². The van der Waals surface area contributed by atoms with E-state index in [9.17, 15) is 9.18 Å². The number of rotatable bonds is 2. The van der Waals surface area contributed by atoms with Crippen LogP contribution in [0, 0.1) is 5.82 Å². The van der Waals surface area contributed by atoms with E-state index in [1.54, 1.807) is 35.4 Å². The fraction of sp³-hybridized carbons (Fsp3) is 0.0714. The van der Waals surface area contributed by atoms with Gasteiger partial charge in [0.05, 0.1) is 5.69 Å². The molecule has 0 saturated heterocycles. The van der Waals surface area contributed by atoms with Crippen LogP contribution in [0.4, 0.5) is 4.39 Å². The maximum Gasteiger partial charge on any atom is 0.275 e. The van der Waals surface area contributed by atoms with Gasteiger partial charge >= 0.3 is 0 Å². The van der Waals surface area contributed by atoms with Crippen LogP contribution in [0.15, 0.2) is 45.8 Å². The van der Waals surface area contributed by atoms with Gasteiger partial charge in [-0.25, -0.2) is 4.39 Å². The fourth-order valence-corrected chi connectivity index (χ4v) is 4.58. The van der Waals surface area contributed by atoms with Crippen LogP contribution in [0.2, 0.25) is 0 Å². The van der Waals surface area contributed by atoms with E-state index in [0.29, 0.717) is 16.8 Å². The summed E-state index contributed by atoms with van der Waals surface area (Å²) in [6.45, 7) is 0. The minimum atomic E-state index is -0.306. The second-order valence-electron chi connectivity index (χ2n) is 4.53. The Labute approximate surface area is 145 Å². The maximum atomic E-state index is 14.1. The molecule has 0 fully saturated rings. The van der Waals surface area contributed by atoms with Crippen molar-refractivity contribution in [1.29, 1.82) is 0 Å². The molecule has 2 heterocycles. The summed E-state index contributed by atoms with van der Waals surface area (Å²) in [6.07, 6.45) is 1.72. The van der Waals surface area contributed by atoms with E-state index in [1.807, 2.05) is 6.07 Å². The number of fused-ring (bicyclic) bond motifs is 1. The molecule has 0 amide bonds. The zero-order valence-electron chi connectivity index (χ0n) is 10.8. The lowest BCUT2D eigenvalue weighted by Crippen LogP contribution is -2.17. The summed E-state index contributed by atoms with van der Waals surface area (Å²) >= 11 is 5.57. The minimum Gasteiger partial charge on any atom is -0.316 e. The van der Waals surface area contributed by atoms with Crippen LogP contribution < -0.4 is 5.56 Å². The van der Waals surface area contributed by atoms with Crippen molar-refractivity contribution in [2.24, 2.45) is 7.05 Å². The molecule has 0 radical (unpaired) electrons. The SMILES string of the molecule is Cn1cc(Br)c2cc(-c3ccccc3F)n(SI)c2c1=O. The van der Waals surface area contributed by atoms with Crippen molar-refractivity contribution in [3.05, 3.63) is 57.2 Å². The average molecular weight is 479 g/mol. The molecule has 3 aromatic rings. The zero-order chi connectivity index (χ0) is 15.1. The zero-order valence-corrected chi connectivity index (χ0v) is 15.4. The molecule has 3 nitrogen and oxygen atoms in total. The quantitative estimate of drug-likeness (QED) is 0.497. The summed E-state index contributed by atoms with van der Waals surface area (Å²) in [7, 11) is 3.05. The van der Waals surface area contributed by atoms with Gasteiger partial charge in [-0.15, -0.1) is 0 Å². The third-order valence-corrected chi connectivity index (χ3v) is 5.60. The van der Waals surface area contributed by atoms with Gasteiger partial charge in [0, 0.05) is 59.0 Å². The molecule has 21 heavy (non-hydrogen) atoms. The Hall–Kier alpha value is -0.800. The van der Waals surface area contributed by atoms with E-state index < -0.39 is 0 Å². The minimum absolute atomic E-state index is 0.111. The number of halogens is 3. The Balaban J connectivity index is 2.46. The summed E-state index contributed by atoms with van der Waals surface area (Å²) in [4.78, 5) is 12.4. The molecule has 108 valence electrons. The number of pyridine rings is 1. The van der Waals surface area contributed by atoms with E-state index in [2.05, 4.69) is 37.1 Å². The summed E-state index contributed by atoms with van der Waals surface area (Å²) in [5.74, 6) is -0.306. The van der Waals surface area contributed by atoms with Crippen molar-refractivity contribution in [1.82, 2.24) is 8.54 Å². The molecule has 0 unspecified atom stereocenters. The van der Waals surface area contributed by atoms with Crippen molar-refractivity contribution < 1.29 is 4.39 Å². The van der Waals surface area contributed by atoms with Crippen molar-refractivity contribution in [2.75, 3.05) is 0 Å². The average Bonchev–Trinajstić information content (AvgIpc) is 2.85. The highest BCUT2D eigenvalue weighted by Gasteiger charge is 2.18. The Morgan fingerprint density at radius 3 is 2.71 bits per heavy atom. The Morgan fingerprint density at radius 1 is 1.33 bits per heavy atom. The first kappa shape index (κ1) is 15.1. The third kappa shape index (κ3) is 2.44. The second-order valence-corrected chi connectivity index (χ2v) is 7.07. The van der Waals surface area contributed by atoms with Gasteiger partial charge in [0.25, 0.3) is 5.56 Å². The normalized spacial score (nSPS) is 11.2. The van der Waals surface area contributed by atoms with Gasteiger partial charge in [-0.05, 0) is 34.1 Å². The van der Waals surface area contributed by atoms with E-state index in [-0.39, 0.29) is 11.4 Å². The number of hydrogen-bond acceptors (Lipinski definition) is 2. The largest absolute Gasteiger partial charge is 0.316 e. The molecular weight excluding hydrogens is 470 g/mol. The maximum absolute atomic E-state index is 14.1. The van der Waals surface area contributed by atoms with Crippen LogP contribution in [-0.4, -0.2) is 8.54 Å². The first-order valence-corrected chi connectivity index (χ1v) is 10.1. The highest BCUT2D eigenvalue weighted by Crippen LogP contribution is 2.36. The monoisotopic (exact) mass is 478 g/mol. The van der Waals surface area contributed by atoms with Gasteiger partial charge in [0.1, 0.15) is 11.3 Å². The summed E-state index contributed by atoms with van der Waals surface area (Å²) < 4.78 is 18.2. The van der Waals surface area contributed by atoms with E-state index in [0.717, 1.165) is 9.86 Å². The summed E-state index contributed by atoms with van der Waals surface area (Å²) in [5.41, 5.74) is 1.59. The molecule has 0 bridgehead atoms. The molecule has 0 saturated carbocycles.